The van der Waals surface area contributed by atoms with Crippen molar-refractivity contribution in [2.75, 3.05) is 13.2 Å². The summed E-state index contributed by atoms with van der Waals surface area (Å²) in [5.41, 5.74) is 4.65. The lowest BCUT2D eigenvalue weighted by molar-refractivity contribution is -0.147. The SMILES string of the molecule is O=C(C[C@@H]1CCC[C@H]1NC(=O)OCC1c2ccccc2-c2ccccc21)NCCC(O)C(=O)O. The van der Waals surface area contributed by atoms with Crippen molar-refractivity contribution in [1.82, 2.24) is 10.6 Å². The van der Waals surface area contributed by atoms with Gasteiger partial charge in [0.05, 0.1) is 0 Å². The van der Waals surface area contributed by atoms with Crippen molar-refractivity contribution < 1.29 is 29.3 Å². The predicted octanol–water partition coefficient (Wildman–Crippen LogP) is 3.04. The summed E-state index contributed by atoms with van der Waals surface area (Å²) in [6, 6.07) is 16.2. The van der Waals surface area contributed by atoms with Crippen LogP contribution in [0.1, 0.15) is 49.1 Å². The topological polar surface area (TPSA) is 125 Å². The molecule has 0 aliphatic heterocycles. The summed E-state index contributed by atoms with van der Waals surface area (Å²) in [7, 11) is 0. The zero-order valence-corrected chi connectivity index (χ0v) is 18.9. The first kappa shape index (κ1) is 23.8. The van der Waals surface area contributed by atoms with Gasteiger partial charge in [-0.25, -0.2) is 9.59 Å². The number of carboxylic acid groups (broad SMARTS) is 1. The molecule has 1 saturated carbocycles. The molecule has 0 radical (unpaired) electrons. The minimum Gasteiger partial charge on any atom is -0.479 e. The van der Waals surface area contributed by atoms with Crippen LogP contribution < -0.4 is 10.6 Å². The standard InChI is InChI=1S/C26H30N2O6/c29-23(25(31)32)12-13-27-24(30)14-16-6-5-11-22(16)28-26(33)34-15-21-19-9-3-1-7-17(19)18-8-2-4-10-20(18)21/h1-4,7-10,16,21-23,29H,5-6,11-15H2,(H,27,30)(H,28,33)(H,31,32)/t16-,22+,23?/m0/s1. The molecule has 2 aliphatic carbocycles. The molecule has 8 heteroatoms. The first-order valence-electron chi connectivity index (χ1n) is 11.7. The number of aliphatic hydroxyl groups excluding tert-OH is 1. The molecule has 2 aliphatic rings. The van der Waals surface area contributed by atoms with Crippen molar-refractivity contribution in [1.29, 1.82) is 0 Å². The van der Waals surface area contributed by atoms with Crippen molar-refractivity contribution in [2.45, 2.75) is 50.2 Å². The number of carbonyl (C=O) groups excluding carboxylic acids is 2. The minimum absolute atomic E-state index is 0.00937. The summed E-state index contributed by atoms with van der Waals surface area (Å²) in [6.45, 7) is 0.327. The van der Waals surface area contributed by atoms with Gasteiger partial charge in [-0.1, -0.05) is 55.0 Å². The molecule has 1 fully saturated rings. The number of carbonyl (C=O) groups is 3. The van der Waals surface area contributed by atoms with E-state index in [0.717, 1.165) is 30.4 Å². The van der Waals surface area contributed by atoms with Crippen LogP contribution in [0.2, 0.25) is 0 Å². The fraction of sp³-hybridized carbons (Fsp3) is 0.423. The lowest BCUT2D eigenvalue weighted by Crippen LogP contribution is -2.40. The Morgan fingerprint density at radius 1 is 1.00 bits per heavy atom. The number of rotatable bonds is 9. The Kier molecular flexibility index (Phi) is 7.47. The molecule has 34 heavy (non-hydrogen) atoms. The molecule has 180 valence electrons. The van der Waals surface area contributed by atoms with Gasteiger partial charge in [0.2, 0.25) is 5.91 Å². The fourth-order valence-electron chi connectivity index (χ4n) is 5.04. The zero-order valence-electron chi connectivity index (χ0n) is 18.9. The number of ether oxygens (including phenoxy) is 1. The number of amides is 2. The molecule has 0 bridgehead atoms. The van der Waals surface area contributed by atoms with Crippen LogP contribution in [-0.4, -0.2) is 53.5 Å². The minimum atomic E-state index is -1.49. The number of hydrogen-bond donors (Lipinski definition) is 4. The molecule has 4 rings (SSSR count). The first-order chi connectivity index (χ1) is 16.4. The van der Waals surface area contributed by atoms with Gasteiger partial charge in [0.15, 0.2) is 6.10 Å². The number of aliphatic carboxylic acids is 1. The highest BCUT2D eigenvalue weighted by Crippen LogP contribution is 2.44. The van der Waals surface area contributed by atoms with E-state index in [1.54, 1.807) is 0 Å². The van der Waals surface area contributed by atoms with Crippen molar-refractivity contribution in [2.24, 2.45) is 5.92 Å². The lowest BCUT2D eigenvalue weighted by atomic mass is 9.98. The summed E-state index contributed by atoms with van der Waals surface area (Å²) in [5, 5.41) is 23.6. The van der Waals surface area contributed by atoms with Crippen LogP contribution in [-0.2, 0) is 14.3 Å². The average molecular weight is 467 g/mol. The second kappa shape index (κ2) is 10.7. The molecule has 2 aromatic rings. The molecule has 4 N–H and O–H groups in total. The Hall–Kier alpha value is -3.39. The highest BCUT2D eigenvalue weighted by molar-refractivity contribution is 5.79. The summed E-state index contributed by atoms with van der Waals surface area (Å²) in [6.07, 6.45) is 0.715. The van der Waals surface area contributed by atoms with Crippen LogP contribution in [0.25, 0.3) is 11.1 Å². The summed E-state index contributed by atoms with van der Waals surface area (Å²) in [5.74, 6) is -1.55. The van der Waals surface area contributed by atoms with Crippen LogP contribution in [0.5, 0.6) is 0 Å². The van der Waals surface area contributed by atoms with Crippen molar-refractivity contribution in [3.63, 3.8) is 0 Å². The second-order valence-corrected chi connectivity index (χ2v) is 8.96. The maximum Gasteiger partial charge on any atom is 0.407 e. The van der Waals surface area contributed by atoms with Crippen LogP contribution in [0, 0.1) is 5.92 Å². The zero-order chi connectivity index (χ0) is 24.1. The molecule has 1 unspecified atom stereocenters. The van der Waals surface area contributed by atoms with Crippen LogP contribution in [0.4, 0.5) is 4.79 Å². The molecule has 3 atom stereocenters. The molecule has 2 amide bonds. The van der Waals surface area contributed by atoms with Gasteiger partial charge in [0, 0.05) is 31.3 Å². The van der Waals surface area contributed by atoms with Crippen molar-refractivity contribution in [3.8, 4) is 11.1 Å². The number of carboxylic acids is 1. The monoisotopic (exact) mass is 466 g/mol. The number of fused-ring (bicyclic) bond motifs is 3. The van der Waals surface area contributed by atoms with E-state index >= 15 is 0 Å². The average Bonchev–Trinajstić information content (AvgIpc) is 3.39. The number of benzene rings is 2. The smallest absolute Gasteiger partial charge is 0.407 e. The van der Waals surface area contributed by atoms with E-state index in [4.69, 9.17) is 9.84 Å². The molecule has 0 spiro atoms. The van der Waals surface area contributed by atoms with E-state index < -0.39 is 18.2 Å². The third-order valence-corrected chi connectivity index (χ3v) is 6.78. The Bertz CT molecular complexity index is 1010. The maximum atomic E-state index is 12.6. The van der Waals surface area contributed by atoms with Gasteiger partial charge in [0.25, 0.3) is 0 Å². The predicted molar refractivity (Wildman–Crippen MR) is 125 cm³/mol. The molecule has 0 heterocycles. The van der Waals surface area contributed by atoms with Crippen LogP contribution >= 0.6 is 0 Å². The number of hydrogen-bond acceptors (Lipinski definition) is 5. The second-order valence-electron chi connectivity index (χ2n) is 8.96. The Morgan fingerprint density at radius 3 is 2.29 bits per heavy atom. The van der Waals surface area contributed by atoms with E-state index in [-0.39, 0.29) is 49.8 Å². The largest absolute Gasteiger partial charge is 0.479 e. The van der Waals surface area contributed by atoms with Crippen molar-refractivity contribution in [3.05, 3.63) is 59.7 Å². The van der Waals surface area contributed by atoms with E-state index in [1.165, 1.54) is 11.1 Å². The van der Waals surface area contributed by atoms with E-state index in [0.29, 0.717) is 0 Å². The van der Waals surface area contributed by atoms with Gasteiger partial charge < -0.3 is 25.6 Å². The molecular formula is C26H30N2O6. The number of nitrogens with one attached hydrogen (secondary N) is 2. The van der Waals surface area contributed by atoms with Gasteiger partial charge in [-0.3, -0.25) is 4.79 Å². The van der Waals surface area contributed by atoms with Gasteiger partial charge in [-0.05, 0) is 41.0 Å². The lowest BCUT2D eigenvalue weighted by Gasteiger charge is -2.21. The Labute approximate surface area is 198 Å². The van der Waals surface area contributed by atoms with Gasteiger partial charge in [-0.2, -0.15) is 0 Å². The van der Waals surface area contributed by atoms with Gasteiger partial charge >= 0.3 is 12.1 Å². The highest BCUT2D eigenvalue weighted by Gasteiger charge is 2.32. The number of alkyl carbamates (subject to hydrolysis) is 1. The third kappa shape index (κ3) is 5.39. The van der Waals surface area contributed by atoms with E-state index in [1.807, 2.05) is 24.3 Å². The molecule has 2 aromatic carbocycles. The summed E-state index contributed by atoms with van der Waals surface area (Å²) >= 11 is 0. The van der Waals surface area contributed by atoms with E-state index in [2.05, 4.69) is 34.9 Å². The highest BCUT2D eigenvalue weighted by atomic mass is 16.5. The van der Waals surface area contributed by atoms with Gasteiger partial charge in [-0.15, -0.1) is 0 Å². The summed E-state index contributed by atoms with van der Waals surface area (Å²) in [4.78, 5) is 35.5. The number of aliphatic hydroxyl groups is 1. The van der Waals surface area contributed by atoms with Crippen LogP contribution in [0.3, 0.4) is 0 Å². The van der Waals surface area contributed by atoms with E-state index in [9.17, 15) is 19.5 Å². The van der Waals surface area contributed by atoms with Gasteiger partial charge in [0.1, 0.15) is 6.61 Å². The molecular weight excluding hydrogens is 436 g/mol. The molecule has 8 nitrogen and oxygen atoms in total. The third-order valence-electron chi connectivity index (χ3n) is 6.78. The molecule has 0 aromatic heterocycles. The fourth-order valence-corrected chi connectivity index (χ4v) is 5.04. The Balaban J connectivity index is 1.27. The normalized spacial score (nSPS) is 19.7. The summed E-state index contributed by atoms with van der Waals surface area (Å²) < 4.78 is 5.63. The first-order valence-corrected chi connectivity index (χ1v) is 11.7. The Morgan fingerprint density at radius 2 is 1.65 bits per heavy atom. The molecule has 0 saturated heterocycles. The van der Waals surface area contributed by atoms with Crippen molar-refractivity contribution >= 4 is 18.0 Å². The maximum absolute atomic E-state index is 12.6. The van der Waals surface area contributed by atoms with Crippen LogP contribution in [0.15, 0.2) is 48.5 Å². The quantitative estimate of drug-likeness (QED) is 0.450.